The molecule has 96 valence electrons. The lowest BCUT2D eigenvalue weighted by atomic mass is 10.2. The van der Waals surface area contributed by atoms with E-state index in [1.165, 1.54) is 5.56 Å². The SMILES string of the molecule is Cc1nn(C)c(C)c1CNc1ccc(N)cc1Cl. The molecule has 18 heavy (non-hydrogen) atoms. The highest BCUT2D eigenvalue weighted by Gasteiger charge is 2.09. The summed E-state index contributed by atoms with van der Waals surface area (Å²) in [6, 6.07) is 5.46. The number of rotatable bonds is 3. The fourth-order valence-corrected chi connectivity index (χ4v) is 2.19. The van der Waals surface area contributed by atoms with E-state index in [4.69, 9.17) is 17.3 Å². The molecule has 2 rings (SSSR count). The zero-order chi connectivity index (χ0) is 13.3. The number of nitrogen functional groups attached to an aromatic ring is 1. The van der Waals surface area contributed by atoms with Crippen molar-refractivity contribution < 1.29 is 0 Å². The zero-order valence-corrected chi connectivity index (χ0v) is 11.5. The van der Waals surface area contributed by atoms with Crippen molar-refractivity contribution in [2.24, 2.45) is 7.05 Å². The first-order valence-corrected chi connectivity index (χ1v) is 6.15. The summed E-state index contributed by atoms with van der Waals surface area (Å²) in [5, 5.41) is 8.33. The second-order valence-corrected chi connectivity index (χ2v) is 4.77. The molecule has 1 aromatic carbocycles. The Kier molecular flexibility index (Phi) is 3.48. The van der Waals surface area contributed by atoms with Crippen molar-refractivity contribution in [2.45, 2.75) is 20.4 Å². The molecular formula is C13H17ClN4. The van der Waals surface area contributed by atoms with Crippen molar-refractivity contribution >= 4 is 23.0 Å². The molecule has 0 fully saturated rings. The van der Waals surface area contributed by atoms with Gasteiger partial charge < -0.3 is 11.1 Å². The number of aromatic nitrogens is 2. The van der Waals surface area contributed by atoms with Crippen LogP contribution in [0.4, 0.5) is 11.4 Å². The van der Waals surface area contributed by atoms with Gasteiger partial charge in [-0.2, -0.15) is 5.10 Å². The van der Waals surface area contributed by atoms with Crippen LogP contribution in [0.1, 0.15) is 17.0 Å². The number of benzene rings is 1. The first-order chi connectivity index (χ1) is 8.49. The Bertz CT molecular complexity index is 575. The van der Waals surface area contributed by atoms with Gasteiger partial charge in [0.15, 0.2) is 0 Å². The van der Waals surface area contributed by atoms with Crippen LogP contribution in [0.3, 0.4) is 0 Å². The van der Waals surface area contributed by atoms with E-state index in [1.54, 1.807) is 6.07 Å². The molecule has 0 saturated heterocycles. The highest BCUT2D eigenvalue weighted by molar-refractivity contribution is 6.33. The van der Waals surface area contributed by atoms with Gasteiger partial charge in [-0.15, -0.1) is 0 Å². The van der Waals surface area contributed by atoms with Gasteiger partial charge in [0.05, 0.1) is 16.4 Å². The number of nitrogens with two attached hydrogens (primary N) is 1. The van der Waals surface area contributed by atoms with E-state index < -0.39 is 0 Å². The van der Waals surface area contributed by atoms with Crippen molar-refractivity contribution in [3.05, 3.63) is 40.2 Å². The lowest BCUT2D eigenvalue weighted by molar-refractivity contribution is 0.730. The Labute approximate surface area is 112 Å². The quantitative estimate of drug-likeness (QED) is 0.838. The number of hydrogen-bond donors (Lipinski definition) is 2. The zero-order valence-electron chi connectivity index (χ0n) is 10.8. The van der Waals surface area contributed by atoms with Crippen LogP contribution in [0, 0.1) is 13.8 Å². The number of aryl methyl sites for hydroxylation is 2. The molecule has 0 aliphatic heterocycles. The molecule has 0 amide bonds. The molecule has 4 nitrogen and oxygen atoms in total. The second-order valence-electron chi connectivity index (χ2n) is 4.37. The van der Waals surface area contributed by atoms with Gasteiger partial charge in [0.1, 0.15) is 0 Å². The van der Waals surface area contributed by atoms with Gasteiger partial charge in [0, 0.05) is 30.5 Å². The molecule has 3 N–H and O–H groups in total. The van der Waals surface area contributed by atoms with Crippen LogP contribution in [0.15, 0.2) is 18.2 Å². The minimum absolute atomic E-state index is 0.634. The number of halogens is 1. The number of anilines is 2. The van der Waals surface area contributed by atoms with Gasteiger partial charge in [-0.3, -0.25) is 4.68 Å². The average molecular weight is 265 g/mol. The first-order valence-electron chi connectivity index (χ1n) is 5.77. The van der Waals surface area contributed by atoms with E-state index in [0.717, 1.165) is 17.1 Å². The van der Waals surface area contributed by atoms with Gasteiger partial charge in [-0.05, 0) is 32.0 Å². The molecule has 0 saturated carbocycles. The van der Waals surface area contributed by atoms with E-state index in [-0.39, 0.29) is 0 Å². The Hall–Kier alpha value is -1.68. The van der Waals surface area contributed by atoms with E-state index in [9.17, 15) is 0 Å². The fraction of sp³-hybridized carbons (Fsp3) is 0.308. The molecular weight excluding hydrogens is 248 g/mol. The van der Waals surface area contributed by atoms with E-state index in [2.05, 4.69) is 17.3 Å². The van der Waals surface area contributed by atoms with E-state index in [1.807, 2.05) is 30.8 Å². The molecule has 0 unspecified atom stereocenters. The summed E-state index contributed by atoms with van der Waals surface area (Å²) in [4.78, 5) is 0. The predicted molar refractivity (Wildman–Crippen MR) is 75.9 cm³/mol. The fourth-order valence-electron chi connectivity index (χ4n) is 1.93. The maximum Gasteiger partial charge on any atom is 0.0658 e. The minimum atomic E-state index is 0.634. The smallest absolute Gasteiger partial charge is 0.0658 e. The normalized spacial score (nSPS) is 10.7. The van der Waals surface area contributed by atoms with E-state index in [0.29, 0.717) is 17.3 Å². The Morgan fingerprint density at radius 3 is 2.67 bits per heavy atom. The molecule has 1 aromatic heterocycles. The molecule has 0 bridgehead atoms. The average Bonchev–Trinajstić information content (AvgIpc) is 2.53. The summed E-state index contributed by atoms with van der Waals surface area (Å²) < 4.78 is 1.89. The van der Waals surface area contributed by atoms with Crippen LogP contribution in [0.2, 0.25) is 5.02 Å². The molecule has 0 aliphatic carbocycles. The summed E-state index contributed by atoms with van der Waals surface area (Å²) in [7, 11) is 1.95. The third-order valence-electron chi connectivity index (χ3n) is 3.11. The van der Waals surface area contributed by atoms with Crippen molar-refractivity contribution in [1.29, 1.82) is 0 Å². The Morgan fingerprint density at radius 1 is 1.39 bits per heavy atom. The van der Waals surface area contributed by atoms with Crippen LogP contribution in [0.25, 0.3) is 0 Å². The molecule has 0 atom stereocenters. The van der Waals surface area contributed by atoms with Crippen LogP contribution < -0.4 is 11.1 Å². The van der Waals surface area contributed by atoms with Crippen LogP contribution in [0.5, 0.6) is 0 Å². The topological polar surface area (TPSA) is 55.9 Å². The third-order valence-corrected chi connectivity index (χ3v) is 3.42. The molecule has 2 aromatic rings. The maximum absolute atomic E-state index is 6.12. The predicted octanol–water partition coefficient (Wildman–Crippen LogP) is 2.88. The number of hydrogen-bond acceptors (Lipinski definition) is 3. The minimum Gasteiger partial charge on any atom is -0.399 e. The maximum atomic E-state index is 6.12. The molecule has 0 aliphatic rings. The van der Waals surface area contributed by atoms with Gasteiger partial charge in [0.2, 0.25) is 0 Å². The second kappa shape index (κ2) is 4.90. The van der Waals surface area contributed by atoms with Crippen molar-refractivity contribution in [2.75, 3.05) is 11.1 Å². The molecule has 0 radical (unpaired) electrons. The summed E-state index contributed by atoms with van der Waals surface area (Å²) in [5.74, 6) is 0. The highest BCUT2D eigenvalue weighted by Crippen LogP contribution is 2.25. The van der Waals surface area contributed by atoms with E-state index >= 15 is 0 Å². The first kappa shape index (κ1) is 12.8. The van der Waals surface area contributed by atoms with Crippen molar-refractivity contribution in [3.63, 3.8) is 0 Å². The largest absolute Gasteiger partial charge is 0.399 e. The number of nitrogens with one attached hydrogen (secondary N) is 1. The third kappa shape index (κ3) is 2.43. The Balaban J connectivity index is 2.16. The summed E-state index contributed by atoms with van der Waals surface area (Å²) in [5.41, 5.74) is 10.6. The lowest BCUT2D eigenvalue weighted by Gasteiger charge is -2.09. The highest BCUT2D eigenvalue weighted by atomic mass is 35.5. The summed E-state index contributed by atoms with van der Waals surface area (Å²) in [6.45, 7) is 4.77. The van der Waals surface area contributed by atoms with Gasteiger partial charge >= 0.3 is 0 Å². The molecule has 5 heteroatoms. The lowest BCUT2D eigenvalue weighted by Crippen LogP contribution is -2.03. The van der Waals surface area contributed by atoms with Crippen LogP contribution >= 0.6 is 11.6 Å². The number of nitrogens with zero attached hydrogens (tertiary/aromatic N) is 2. The Morgan fingerprint density at radius 2 is 2.11 bits per heavy atom. The van der Waals surface area contributed by atoms with Crippen LogP contribution in [-0.2, 0) is 13.6 Å². The van der Waals surface area contributed by atoms with Gasteiger partial charge in [-0.25, -0.2) is 0 Å². The van der Waals surface area contributed by atoms with Gasteiger partial charge in [-0.1, -0.05) is 11.6 Å². The standard InChI is InChI=1S/C13H17ClN4/c1-8-11(9(2)18(3)17-8)7-16-13-5-4-10(15)6-12(13)14/h4-6,16H,7,15H2,1-3H3. The summed E-state index contributed by atoms with van der Waals surface area (Å²) in [6.07, 6.45) is 0. The van der Waals surface area contributed by atoms with Crippen molar-refractivity contribution in [1.82, 2.24) is 9.78 Å². The van der Waals surface area contributed by atoms with Gasteiger partial charge in [0.25, 0.3) is 0 Å². The monoisotopic (exact) mass is 264 g/mol. The van der Waals surface area contributed by atoms with Crippen LogP contribution in [-0.4, -0.2) is 9.78 Å². The van der Waals surface area contributed by atoms with Crippen molar-refractivity contribution in [3.8, 4) is 0 Å². The molecule has 1 heterocycles. The molecule has 0 spiro atoms. The summed E-state index contributed by atoms with van der Waals surface area (Å²) >= 11 is 6.12.